The van der Waals surface area contributed by atoms with Crippen LogP contribution in [0.2, 0.25) is 0 Å². The zero-order chi connectivity index (χ0) is 7.40. The van der Waals surface area contributed by atoms with Crippen molar-refractivity contribution in [3.63, 3.8) is 0 Å². The lowest BCUT2D eigenvalue weighted by Gasteiger charge is -2.19. The number of carbonyl (C=O) groups excluding carboxylic acids is 1. The molecule has 4 nitrogen and oxygen atoms in total. The minimum atomic E-state index is -0.129. The standard InChI is InChI=1S/C6H9N3O/c1-2-6(10)9-4-7-3-8-5-9/h2,4,8H,1,3,5H2. The molecule has 0 saturated carbocycles. The molecule has 0 saturated heterocycles. The summed E-state index contributed by atoms with van der Waals surface area (Å²) in [6.45, 7) is 4.46. The van der Waals surface area contributed by atoms with Crippen molar-refractivity contribution in [2.45, 2.75) is 0 Å². The van der Waals surface area contributed by atoms with Gasteiger partial charge in [-0.15, -0.1) is 0 Å². The molecule has 10 heavy (non-hydrogen) atoms. The smallest absolute Gasteiger partial charge is 0.252 e. The number of rotatable bonds is 1. The van der Waals surface area contributed by atoms with Crippen molar-refractivity contribution in [1.82, 2.24) is 10.2 Å². The first-order chi connectivity index (χ1) is 4.84. The second-order valence-electron chi connectivity index (χ2n) is 1.88. The van der Waals surface area contributed by atoms with E-state index >= 15 is 0 Å². The average molecular weight is 139 g/mol. The van der Waals surface area contributed by atoms with E-state index < -0.39 is 0 Å². The maximum Gasteiger partial charge on any atom is 0.252 e. The molecule has 0 radical (unpaired) electrons. The topological polar surface area (TPSA) is 44.7 Å². The van der Waals surface area contributed by atoms with Crippen LogP contribution in [0.25, 0.3) is 0 Å². The lowest BCUT2D eigenvalue weighted by atomic mass is 10.5. The van der Waals surface area contributed by atoms with E-state index in [0.717, 1.165) is 0 Å². The number of hydrogen-bond acceptors (Lipinski definition) is 3. The second kappa shape index (κ2) is 3.12. The Bertz CT molecular complexity index is 176. The van der Waals surface area contributed by atoms with Gasteiger partial charge in [0.05, 0.1) is 19.7 Å². The molecule has 1 aliphatic rings. The van der Waals surface area contributed by atoms with Crippen LogP contribution < -0.4 is 5.32 Å². The van der Waals surface area contributed by atoms with E-state index in [9.17, 15) is 4.79 Å². The minimum Gasteiger partial charge on any atom is -0.286 e. The van der Waals surface area contributed by atoms with Gasteiger partial charge in [-0.1, -0.05) is 6.58 Å². The first-order valence-electron chi connectivity index (χ1n) is 2.98. The van der Waals surface area contributed by atoms with Crippen molar-refractivity contribution in [3.8, 4) is 0 Å². The number of aliphatic imine (C=N–C) groups is 1. The lowest BCUT2D eigenvalue weighted by molar-refractivity contribution is -0.122. The van der Waals surface area contributed by atoms with Gasteiger partial charge in [-0.25, -0.2) is 0 Å². The van der Waals surface area contributed by atoms with E-state index in [1.165, 1.54) is 17.3 Å². The van der Waals surface area contributed by atoms with Crippen molar-refractivity contribution in [3.05, 3.63) is 12.7 Å². The number of amides is 1. The van der Waals surface area contributed by atoms with Crippen molar-refractivity contribution in [2.75, 3.05) is 13.3 Å². The van der Waals surface area contributed by atoms with Gasteiger partial charge in [-0.2, -0.15) is 0 Å². The molecule has 1 amide bonds. The fourth-order valence-electron chi connectivity index (χ4n) is 0.667. The molecule has 0 aromatic carbocycles. The van der Waals surface area contributed by atoms with Crippen LogP contribution in [0.3, 0.4) is 0 Å². The Morgan fingerprint density at radius 3 is 3.20 bits per heavy atom. The zero-order valence-electron chi connectivity index (χ0n) is 5.58. The molecule has 0 bridgehead atoms. The Morgan fingerprint density at radius 2 is 2.70 bits per heavy atom. The summed E-state index contributed by atoms with van der Waals surface area (Å²) in [5.74, 6) is -0.129. The molecule has 0 atom stereocenters. The first kappa shape index (κ1) is 6.95. The molecule has 0 aromatic rings. The van der Waals surface area contributed by atoms with Crippen molar-refractivity contribution in [1.29, 1.82) is 0 Å². The third-order valence-corrected chi connectivity index (χ3v) is 1.16. The van der Waals surface area contributed by atoms with E-state index in [2.05, 4.69) is 16.9 Å². The van der Waals surface area contributed by atoms with Crippen molar-refractivity contribution < 1.29 is 4.79 Å². The summed E-state index contributed by atoms with van der Waals surface area (Å²) in [4.78, 5) is 16.1. The quantitative estimate of drug-likeness (QED) is 0.500. The second-order valence-corrected chi connectivity index (χ2v) is 1.88. The monoisotopic (exact) mass is 139 g/mol. The van der Waals surface area contributed by atoms with Gasteiger partial charge in [0.25, 0.3) is 5.91 Å². The van der Waals surface area contributed by atoms with Gasteiger partial charge in [0.1, 0.15) is 0 Å². The molecule has 1 aliphatic heterocycles. The number of carbonyl (C=O) groups is 1. The Kier molecular flexibility index (Phi) is 2.17. The molecule has 0 spiro atoms. The van der Waals surface area contributed by atoms with Crippen LogP contribution in [0.15, 0.2) is 17.6 Å². The SMILES string of the molecule is C=CC(=O)N1C=NCNC1. The van der Waals surface area contributed by atoms with E-state index in [-0.39, 0.29) is 5.91 Å². The van der Waals surface area contributed by atoms with Crippen LogP contribution in [0.5, 0.6) is 0 Å². The third kappa shape index (κ3) is 1.41. The van der Waals surface area contributed by atoms with Gasteiger partial charge >= 0.3 is 0 Å². The zero-order valence-corrected chi connectivity index (χ0v) is 5.58. The highest BCUT2D eigenvalue weighted by Gasteiger charge is 2.07. The predicted molar refractivity (Wildman–Crippen MR) is 38.4 cm³/mol. The molecule has 1 N–H and O–H groups in total. The molecule has 0 unspecified atom stereocenters. The van der Waals surface area contributed by atoms with Crippen LogP contribution >= 0.6 is 0 Å². The van der Waals surface area contributed by atoms with E-state index in [0.29, 0.717) is 13.3 Å². The summed E-state index contributed by atoms with van der Waals surface area (Å²) < 4.78 is 0. The highest BCUT2D eigenvalue weighted by molar-refractivity contribution is 5.95. The van der Waals surface area contributed by atoms with Crippen molar-refractivity contribution >= 4 is 12.2 Å². The molecular formula is C6H9N3O. The molecule has 0 aromatic heterocycles. The molecular weight excluding hydrogens is 130 g/mol. The summed E-state index contributed by atoms with van der Waals surface area (Å²) in [6.07, 6.45) is 2.78. The molecule has 1 rings (SSSR count). The number of nitrogens with zero attached hydrogens (tertiary/aromatic N) is 2. The Balaban J connectivity index is 2.54. The van der Waals surface area contributed by atoms with Gasteiger partial charge in [0.15, 0.2) is 0 Å². The molecule has 0 fully saturated rings. The summed E-state index contributed by atoms with van der Waals surface area (Å²) in [7, 11) is 0. The van der Waals surface area contributed by atoms with Gasteiger partial charge in [-0.3, -0.25) is 20.0 Å². The Morgan fingerprint density at radius 1 is 1.90 bits per heavy atom. The Labute approximate surface area is 59.2 Å². The summed E-state index contributed by atoms with van der Waals surface area (Å²) in [6, 6.07) is 0. The van der Waals surface area contributed by atoms with Gasteiger partial charge in [0, 0.05) is 0 Å². The summed E-state index contributed by atoms with van der Waals surface area (Å²) in [5.41, 5.74) is 0. The first-order valence-corrected chi connectivity index (χ1v) is 2.98. The highest BCUT2D eigenvalue weighted by atomic mass is 16.2. The maximum atomic E-state index is 10.8. The van der Waals surface area contributed by atoms with Crippen LogP contribution in [0.4, 0.5) is 0 Å². The minimum absolute atomic E-state index is 0.129. The van der Waals surface area contributed by atoms with Gasteiger partial charge < -0.3 is 0 Å². The maximum absolute atomic E-state index is 10.8. The van der Waals surface area contributed by atoms with E-state index in [1.54, 1.807) is 0 Å². The van der Waals surface area contributed by atoms with Crippen LogP contribution in [-0.2, 0) is 4.79 Å². The van der Waals surface area contributed by atoms with Crippen molar-refractivity contribution in [2.24, 2.45) is 4.99 Å². The van der Waals surface area contributed by atoms with E-state index in [4.69, 9.17) is 0 Å². The van der Waals surface area contributed by atoms with Crippen LogP contribution in [-0.4, -0.2) is 30.5 Å². The van der Waals surface area contributed by atoms with Crippen LogP contribution in [0, 0.1) is 0 Å². The average Bonchev–Trinajstić information content (AvgIpc) is 2.05. The fourth-order valence-corrected chi connectivity index (χ4v) is 0.667. The number of nitrogens with one attached hydrogen (secondary N) is 1. The third-order valence-electron chi connectivity index (χ3n) is 1.16. The lowest BCUT2D eigenvalue weighted by Crippen LogP contribution is -2.40. The normalized spacial score (nSPS) is 17.0. The number of hydrogen-bond donors (Lipinski definition) is 1. The summed E-state index contributed by atoms with van der Waals surface area (Å²) in [5, 5.41) is 2.91. The molecule has 0 aliphatic carbocycles. The molecule has 4 heteroatoms. The largest absolute Gasteiger partial charge is 0.286 e. The van der Waals surface area contributed by atoms with Gasteiger partial charge in [-0.05, 0) is 6.08 Å². The van der Waals surface area contributed by atoms with Crippen LogP contribution in [0.1, 0.15) is 0 Å². The highest BCUT2D eigenvalue weighted by Crippen LogP contribution is 1.88. The van der Waals surface area contributed by atoms with Gasteiger partial charge in [0.2, 0.25) is 0 Å². The molecule has 54 valence electrons. The summed E-state index contributed by atoms with van der Waals surface area (Å²) >= 11 is 0. The molecule has 1 heterocycles. The Hall–Kier alpha value is -1.16. The van der Waals surface area contributed by atoms with E-state index in [1.807, 2.05) is 0 Å². The predicted octanol–water partition coefficient (Wildman–Crippen LogP) is -0.453. The fraction of sp³-hybridized carbons (Fsp3) is 0.333.